The van der Waals surface area contributed by atoms with Gasteiger partial charge in [0.2, 0.25) is 0 Å². The second kappa shape index (κ2) is 49.6. The average molecular weight is 927 g/mol. The van der Waals surface area contributed by atoms with Crippen LogP contribution in [0.4, 0.5) is 0 Å². The molecule has 0 heterocycles. The van der Waals surface area contributed by atoms with Gasteiger partial charge in [0.15, 0.2) is 6.10 Å². The van der Waals surface area contributed by atoms with Gasteiger partial charge in [-0.25, -0.2) is 0 Å². The molecule has 4 atom stereocenters. The highest BCUT2D eigenvalue weighted by Crippen LogP contribution is 2.14. The Morgan fingerprint density at radius 1 is 0.379 bits per heavy atom. The quantitative estimate of drug-likeness (QED) is 0.0235. The number of unbranched alkanes of at least 4 members (excludes halogenated alkanes) is 21. The van der Waals surface area contributed by atoms with E-state index in [1.165, 1.54) is 19.3 Å². The standard InChI is InChI=1S/C57H98O9/c1-4-7-10-11-18-24-33-44-53(60)45-36-27-23-30-38-47-56(62)65-50-54(66-57(63)48-39-29-22-17-13-15-20-26-35-43-52(59)41-32-9-6-3)49-64-55(61)46-37-28-21-16-12-14-19-25-34-42-51(58)40-31-8-5-2/h18-20,24-26,33-35,42-44,51-54,58-60H,4-17,21-23,27-32,36-41,45-50H2,1-3H3/b24-18-,25-19-,26-20-,42-34+,43-35+,44-33+/t51-,52-,53-,54+/m0/s1. The maximum Gasteiger partial charge on any atom is 0.306 e. The van der Waals surface area contributed by atoms with Crippen LogP contribution in [0.15, 0.2) is 72.9 Å². The van der Waals surface area contributed by atoms with E-state index >= 15 is 0 Å². The van der Waals surface area contributed by atoms with Gasteiger partial charge in [-0.2, -0.15) is 0 Å². The molecule has 0 unspecified atom stereocenters. The molecule has 0 aromatic carbocycles. The van der Waals surface area contributed by atoms with E-state index in [0.717, 1.165) is 161 Å². The number of carbonyl (C=O) groups excluding carboxylic acids is 3. The third-order valence-electron chi connectivity index (χ3n) is 11.5. The van der Waals surface area contributed by atoms with Gasteiger partial charge in [0.05, 0.1) is 18.3 Å². The molecular formula is C57H98O9. The maximum atomic E-state index is 12.8. The van der Waals surface area contributed by atoms with Crippen LogP contribution in [0.25, 0.3) is 0 Å². The molecule has 0 aliphatic heterocycles. The summed E-state index contributed by atoms with van der Waals surface area (Å²) in [6, 6.07) is 0. The van der Waals surface area contributed by atoms with Crippen molar-refractivity contribution < 1.29 is 43.9 Å². The largest absolute Gasteiger partial charge is 0.462 e. The maximum absolute atomic E-state index is 12.8. The second-order valence-corrected chi connectivity index (χ2v) is 18.0. The third-order valence-corrected chi connectivity index (χ3v) is 11.5. The van der Waals surface area contributed by atoms with Crippen LogP contribution in [0.2, 0.25) is 0 Å². The van der Waals surface area contributed by atoms with Crippen LogP contribution in [0.1, 0.15) is 233 Å². The zero-order valence-electron chi connectivity index (χ0n) is 42.3. The highest BCUT2D eigenvalue weighted by molar-refractivity contribution is 5.71. The molecule has 0 bridgehead atoms. The Morgan fingerprint density at radius 2 is 0.682 bits per heavy atom. The summed E-state index contributed by atoms with van der Waals surface area (Å²) in [7, 11) is 0. The minimum Gasteiger partial charge on any atom is -0.462 e. The molecule has 0 spiro atoms. The van der Waals surface area contributed by atoms with Crippen molar-refractivity contribution in [2.24, 2.45) is 0 Å². The summed E-state index contributed by atoms with van der Waals surface area (Å²) >= 11 is 0. The molecule has 0 aliphatic carbocycles. The van der Waals surface area contributed by atoms with Crippen molar-refractivity contribution >= 4 is 17.9 Å². The van der Waals surface area contributed by atoms with Crippen LogP contribution in [0.3, 0.4) is 0 Å². The summed E-state index contributed by atoms with van der Waals surface area (Å²) < 4.78 is 16.7. The number of aliphatic hydroxyl groups excluding tert-OH is 3. The molecule has 380 valence electrons. The van der Waals surface area contributed by atoms with Gasteiger partial charge in [0, 0.05) is 19.3 Å². The molecular weight excluding hydrogens is 829 g/mol. The molecule has 3 N–H and O–H groups in total. The van der Waals surface area contributed by atoms with E-state index in [4.69, 9.17) is 14.2 Å². The number of hydrogen-bond donors (Lipinski definition) is 3. The summed E-state index contributed by atoms with van der Waals surface area (Å²) in [6.07, 6.45) is 52.3. The van der Waals surface area contributed by atoms with Gasteiger partial charge >= 0.3 is 17.9 Å². The van der Waals surface area contributed by atoms with Gasteiger partial charge < -0.3 is 29.5 Å². The molecule has 0 aliphatic rings. The number of hydrogen-bond acceptors (Lipinski definition) is 9. The minimum absolute atomic E-state index is 0.148. The molecule has 0 amide bonds. The number of esters is 3. The monoisotopic (exact) mass is 927 g/mol. The topological polar surface area (TPSA) is 140 Å². The first-order valence-corrected chi connectivity index (χ1v) is 26.8. The van der Waals surface area contributed by atoms with Gasteiger partial charge in [-0.15, -0.1) is 0 Å². The molecule has 0 saturated heterocycles. The van der Waals surface area contributed by atoms with E-state index in [1.54, 1.807) is 0 Å². The lowest BCUT2D eigenvalue weighted by Gasteiger charge is -2.18. The van der Waals surface area contributed by atoms with Gasteiger partial charge in [-0.1, -0.05) is 209 Å². The molecule has 66 heavy (non-hydrogen) atoms. The van der Waals surface area contributed by atoms with Crippen LogP contribution in [-0.2, 0) is 28.6 Å². The fourth-order valence-electron chi connectivity index (χ4n) is 7.26. The number of ether oxygens (including phenoxy) is 3. The predicted molar refractivity (Wildman–Crippen MR) is 274 cm³/mol. The lowest BCUT2D eigenvalue weighted by Crippen LogP contribution is -2.30. The van der Waals surface area contributed by atoms with Crippen molar-refractivity contribution in [3.05, 3.63) is 72.9 Å². The van der Waals surface area contributed by atoms with E-state index in [9.17, 15) is 29.7 Å². The summed E-state index contributed by atoms with van der Waals surface area (Å²) in [5, 5.41) is 30.2. The smallest absolute Gasteiger partial charge is 0.306 e. The van der Waals surface area contributed by atoms with Crippen molar-refractivity contribution in [3.63, 3.8) is 0 Å². The van der Waals surface area contributed by atoms with E-state index in [-0.39, 0.29) is 62.6 Å². The molecule has 9 nitrogen and oxygen atoms in total. The Kier molecular flexibility index (Phi) is 47.2. The zero-order chi connectivity index (χ0) is 48.4. The fourth-order valence-corrected chi connectivity index (χ4v) is 7.26. The molecule has 0 fully saturated rings. The Bertz CT molecular complexity index is 1300. The molecule has 0 radical (unpaired) electrons. The van der Waals surface area contributed by atoms with Crippen molar-refractivity contribution in [2.45, 2.75) is 257 Å². The minimum atomic E-state index is -0.854. The predicted octanol–water partition coefficient (Wildman–Crippen LogP) is 14.3. The zero-order valence-corrected chi connectivity index (χ0v) is 42.3. The fraction of sp³-hybridized carbons (Fsp3) is 0.737. The Balaban J connectivity index is 4.59. The SMILES string of the molecule is CCCCC/C=C\C=C\[C@H](O)CCCCCCCC(=O)OC[C@@H](COC(=O)CCCCCCC/C=C\C=C\[C@@H](O)CCCCC)OC(=O)CCCCCCC/C=C\C=C\[C@@H](O)CCCCC. The molecule has 0 aromatic rings. The summed E-state index contributed by atoms with van der Waals surface area (Å²) in [4.78, 5) is 38.0. The first-order valence-electron chi connectivity index (χ1n) is 26.8. The number of rotatable bonds is 47. The van der Waals surface area contributed by atoms with Crippen LogP contribution in [0.5, 0.6) is 0 Å². The Hall–Kier alpha value is -3.27. The highest BCUT2D eigenvalue weighted by atomic mass is 16.6. The van der Waals surface area contributed by atoms with E-state index in [1.807, 2.05) is 54.7 Å². The highest BCUT2D eigenvalue weighted by Gasteiger charge is 2.19. The van der Waals surface area contributed by atoms with E-state index < -0.39 is 12.2 Å². The van der Waals surface area contributed by atoms with Crippen LogP contribution >= 0.6 is 0 Å². The van der Waals surface area contributed by atoms with E-state index in [0.29, 0.717) is 12.8 Å². The average Bonchev–Trinajstić information content (AvgIpc) is 3.30. The Labute approximate surface area is 403 Å². The van der Waals surface area contributed by atoms with Crippen LogP contribution in [0, 0.1) is 0 Å². The normalized spacial score (nSPS) is 14.1. The first kappa shape index (κ1) is 62.7. The third kappa shape index (κ3) is 47.2. The Morgan fingerprint density at radius 3 is 1.08 bits per heavy atom. The number of carbonyl (C=O) groups is 3. The van der Waals surface area contributed by atoms with Crippen LogP contribution in [-0.4, -0.2) is 70.9 Å². The van der Waals surface area contributed by atoms with Gasteiger partial charge in [-0.05, 0) is 77.0 Å². The summed E-state index contributed by atoms with van der Waals surface area (Å²) in [5.41, 5.74) is 0. The molecule has 0 saturated carbocycles. The van der Waals surface area contributed by atoms with E-state index in [2.05, 4.69) is 39.0 Å². The van der Waals surface area contributed by atoms with Gasteiger partial charge in [0.1, 0.15) is 13.2 Å². The van der Waals surface area contributed by atoms with Crippen LogP contribution < -0.4 is 0 Å². The van der Waals surface area contributed by atoms with Crippen molar-refractivity contribution in [2.75, 3.05) is 13.2 Å². The van der Waals surface area contributed by atoms with Crippen molar-refractivity contribution in [1.82, 2.24) is 0 Å². The number of allylic oxidation sites excluding steroid dienone is 9. The lowest BCUT2D eigenvalue weighted by atomic mass is 10.1. The first-order chi connectivity index (χ1) is 32.2. The molecule has 9 heteroatoms. The lowest BCUT2D eigenvalue weighted by molar-refractivity contribution is -0.167. The van der Waals surface area contributed by atoms with Gasteiger partial charge in [0.25, 0.3) is 0 Å². The summed E-state index contributed by atoms with van der Waals surface area (Å²) in [5.74, 6) is -1.10. The molecule has 0 aromatic heterocycles. The second-order valence-electron chi connectivity index (χ2n) is 18.0. The number of aliphatic hydroxyl groups is 3. The van der Waals surface area contributed by atoms with Crippen molar-refractivity contribution in [1.29, 1.82) is 0 Å². The van der Waals surface area contributed by atoms with Crippen molar-refractivity contribution in [3.8, 4) is 0 Å². The molecule has 0 rings (SSSR count). The van der Waals surface area contributed by atoms with Gasteiger partial charge in [-0.3, -0.25) is 14.4 Å². The summed E-state index contributed by atoms with van der Waals surface area (Å²) in [6.45, 7) is 6.22.